The summed E-state index contributed by atoms with van der Waals surface area (Å²) in [7, 11) is 0. The zero-order chi connectivity index (χ0) is 15.8. The van der Waals surface area contributed by atoms with Crippen LogP contribution in [0.4, 0.5) is 0 Å². The third-order valence-electron chi connectivity index (χ3n) is 4.58. The minimum Gasteiger partial charge on any atom is -0.292 e. The van der Waals surface area contributed by atoms with Gasteiger partial charge < -0.3 is 0 Å². The van der Waals surface area contributed by atoms with Crippen LogP contribution in [0, 0.1) is 11.3 Å². The molecule has 0 N–H and O–H groups in total. The van der Waals surface area contributed by atoms with Gasteiger partial charge in [0.25, 0.3) is 0 Å². The number of aromatic nitrogens is 2. The lowest BCUT2D eigenvalue weighted by atomic mass is 10.00. The first-order chi connectivity index (χ1) is 11.2. The van der Waals surface area contributed by atoms with Crippen LogP contribution in [0.25, 0.3) is 10.2 Å². The van der Waals surface area contributed by atoms with Gasteiger partial charge in [0.05, 0.1) is 15.7 Å². The number of hydrogen-bond donors (Lipinski definition) is 0. The van der Waals surface area contributed by atoms with Crippen molar-refractivity contribution >= 4 is 21.6 Å². The van der Waals surface area contributed by atoms with Crippen LogP contribution in [-0.4, -0.2) is 21.4 Å². The second kappa shape index (κ2) is 5.73. The molecule has 5 heteroatoms. The summed E-state index contributed by atoms with van der Waals surface area (Å²) >= 11 is 1.68. The molecule has 0 aliphatic carbocycles. The molecule has 0 radical (unpaired) electrons. The number of pyridine rings is 1. The van der Waals surface area contributed by atoms with Crippen LogP contribution >= 0.6 is 11.3 Å². The first-order valence-corrected chi connectivity index (χ1v) is 8.58. The third kappa shape index (κ3) is 2.61. The fourth-order valence-corrected chi connectivity index (χ4v) is 3.84. The second-order valence-corrected chi connectivity index (χ2v) is 6.78. The molecule has 1 aromatic carbocycles. The molecule has 3 aromatic rings. The highest BCUT2D eigenvalue weighted by Gasteiger charge is 2.23. The lowest BCUT2D eigenvalue weighted by Gasteiger charge is -2.33. The summed E-state index contributed by atoms with van der Waals surface area (Å²) in [6, 6.07) is 12.9. The molecular weight excluding hydrogens is 304 g/mol. The van der Waals surface area contributed by atoms with Gasteiger partial charge in [-0.1, -0.05) is 12.1 Å². The van der Waals surface area contributed by atoms with Crippen LogP contribution in [-0.2, 0) is 13.0 Å². The predicted molar refractivity (Wildman–Crippen MR) is 91.1 cm³/mol. The minimum atomic E-state index is 0.338. The van der Waals surface area contributed by atoms with Gasteiger partial charge in [0.15, 0.2) is 0 Å². The highest BCUT2D eigenvalue weighted by atomic mass is 32.1. The summed E-state index contributed by atoms with van der Waals surface area (Å²) in [6.45, 7) is 4.09. The maximum absolute atomic E-state index is 8.97. The number of hydrogen-bond acceptors (Lipinski definition) is 5. The van der Waals surface area contributed by atoms with E-state index in [4.69, 9.17) is 5.26 Å². The van der Waals surface area contributed by atoms with Crippen LogP contribution in [0.1, 0.15) is 35.5 Å². The summed E-state index contributed by atoms with van der Waals surface area (Å²) in [5.74, 6) is 0. The van der Waals surface area contributed by atoms with E-state index in [2.05, 4.69) is 46.1 Å². The van der Waals surface area contributed by atoms with Crippen molar-refractivity contribution in [1.29, 1.82) is 5.26 Å². The summed E-state index contributed by atoms with van der Waals surface area (Å²) < 4.78 is 1.23. The fourth-order valence-electron chi connectivity index (χ4n) is 3.18. The summed E-state index contributed by atoms with van der Waals surface area (Å²) in [4.78, 5) is 11.3. The van der Waals surface area contributed by atoms with E-state index in [0.717, 1.165) is 30.7 Å². The first kappa shape index (κ1) is 14.3. The number of thiazole rings is 1. The standard InChI is InChI=1S/C18H16N4S/c1-12(13-3-5-18-17(8-13)20-11-23-18)22-7-6-16-14(10-22)2-4-15(9-19)21-16/h2-5,8,11-12H,6-7,10H2,1H3. The molecule has 0 spiro atoms. The lowest BCUT2D eigenvalue weighted by molar-refractivity contribution is 0.190. The highest BCUT2D eigenvalue weighted by molar-refractivity contribution is 7.16. The molecule has 0 saturated heterocycles. The molecule has 114 valence electrons. The van der Waals surface area contributed by atoms with Gasteiger partial charge in [-0.05, 0) is 36.2 Å². The maximum Gasteiger partial charge on any atom is 0.140 e. The Morgan fingerprint density at radius 1 is 1.30 bits per heavy atom. The molecule has 0 amide bonds. The number of fused-ring (bicyclic) bond motifs is 2. The average molecular weight is 320 g/mol. The van der Waals surface area contributed by atoms with Crippen LogP contribution in [0.3, 0.4) is 0 Å². The summed E-state index contributed by atoms with van der Waals surface area (Å²) in [5, 5.41) is 8.97. The maximum atomic E-state index is 8.97. The van der Waals surface area contributed by atoms with E-state index in [1.165, 1.54) is 15.8 Å². The topological polar surface area (TPSA) is 52.8 Å². The zero-order valence-corrected chi connectivity index (χ0v) is 13.7. The summed E-state index contributed by atoms with van der Waals surface area (Å²) in [5.41, 5.74) is 7.10. The second-order valence-electron chi connectivity index (χ2n) is 5.89. The predicted octanol–water partition coefficient (Wildman–Crippen LogP) is 3.68. The largest absolute Gasteiger partial charge is 0.292 e. The average Bonchev–Trinajstić information content (AvgIpc) is 3.07. The Labute approximate surface area is 139 Å². The SMILES string of the molecule is CC(c1ccc2scnc2c1)N1CCc2nc(C#N)ccc2C1. The Kier molecular flexibility index (Phi) is 3.56. The van der Waals surface area contributed by atoms with Crippen molar-refractivity contribution in [1.82, 2.24) is 14.9 Å². The van der Waals surface area contributed by atoms with Crippen LogP contribution in [0.5, 0.6) is 0 Å². The molecule has 1 aliphatic heterocycles. The van der Waals surface area contributed by atoms with Gasteiger partial charge >= 0.3 is 0 Å². The Morgan fingerprint density at radius 3 is 3.09 bits per heavy atom. The van der Waals surface area contributed by atoms with Gasteiger partial charge in [0, 0.05) is 31.2 Å². The summed E-state index contributed by atoms with van der Waals surface area (Å²) in [6.07, 6.45) is 0.897. The molecule has 4 rings (SSSR count). The van der Waals surface area contributed by atoms with Crippen molar-refractivity contribution in [2.75, 3.05) is 6.54 Å². The smallest absolute Gasteiger partial charge is 0.140 e. The van der Waals surface area contributed by atoms with Crippen molar-refractivity contribution in [3.63, 3.8) is 0 Å². The van der Waals surface area contributed by atoms with Gasteiger partial charge in [0.2, 0.25) is 0 Å². The molecule has 3 heterocycles. The minimum absolute atomic E-state index is 0.338. The van der Waals surface area contributed by atoms with E-state index in [1.54, 1.807) is 11.3 Å². The van der Waals surface area contributed by atoms with E-state index in [-0.39, 0.29) is 0 Å². The van der Waals surface area contributed by atoms with Crippen molar-refractivity contribution in [3.8, 4) is 6.07 Å². The van der Waals surface area contributed by atoms with Gasteiger partial charge in [-0.25, -0.2) is 9.97 Å². The number of rotatable bonds is 2. The molecule has 4 nitrogen and oxygen atoms in total. The van der Waals surface area contributed by atoms with Crippen molar-refractivity contribution in [3.05, 3.63) is 58.4 Å². The van der Waals surface area contributed by atoms with Crippen LogP contribution in [0.2, 0.25) is 0 Å². The van der Waals surface area contributed by atoms with E-state index in [0.29, 0.717) is 11.7 Å². The third-order valence-corrected chi connectivity index (χ3v) is 5.39. The van der Waals surface area contributed by atoms with Crippen molar-refractivity contribution in [2.45, 2.75) is 25.9 Å². The molecule has 23 heavy (non-hydrogen) atoms. The van der Waals surface area contributed by atoms with Gasteiger partial charge in [0.1, 0.15) is 11.8 Å². The zero-order valence-electron chi connectivity index (χ0n) is 12.9. The Morgan fingerprint density at radius 2 is 2.22 bits per heavy atom. The molecule has 0 fully saturated rings. The molecule has 1 unspecified atom stereocenters. The van der Waals surface area contributed by atoms with Gasteiger partial charge in [-0.2, -0.15) is 5.26 Å². The normalized spacial score (nSPS) is 16.0. The molecule has 0 bridgehead atoms. The highest BCUT2D eigenvalue weighted by Crippen LogP contribution is 2.29. The van der Waals surface area contributed by atoms with Crippen molar-refractivity contribution in [2.24, 2.45) is 0 Å². The van der Waals surface area contributed by atoms with Gasteiger partial charge in [-0.3, -0.25) is 4.90 Å². The Bertz CT molecular complexity index is 909. The molecule has 2 aromatic heterocycles. The number of nitrogens with zero attached hydrogens (tertiary/aromatic N) is 4. The molecule has 0 saturated carbocycles. The van der Waals surface area contributed by atoms with Gasteiger partial charge in [-0.15, -0.1) is 11.3 Å². The van der Waals surface area contributed by atoms with E-state index < -0.39 is 0 Å². The first-order valence-electron chi connectivity index (χ1n) is 7.70. The Hall–Kier alpha value is -2.29. The monoisotopic (exact) mass is 320 g/mol. The van der Waals surface area contributed by atoms with E-state index in [9.17, 15) is 0 Å². The quantitative estimate of drug-likeness (QED) is 0.723. The fraction of sp³-hybridized carbons (Fsp3) is 0.278. The number of benzene rings is 1. The van der Waals surface area contributed by atoms with Crippen LogP contribution in [0.15, 0.2) is 35.8 Å². The van der Waals surface area contributed by atoms with Crippen molar-refractivity contribution < 1.29 is 0 Å². The molecular formula is C18H16N4S. The van der Waals surface area contributed by atoms with E-state index >= 15 is 0 Å². The Balaban J connectivity index is 1.59. The molecule has 1 aliphatic rings. The van der Waals surface area contributed by atoms with E-state index in [1.807, 2.05) is 17.6 Å². The molecule has 1 atom stereocenters. The number of nitriles is 1. The van der Waals surface area contributed by atoms with Crippen LogP contribution < -0.4 is 0 Å². The lowest BCUT2D eigenvalue weighted by Crippen LogP contribution is -2.33.